The van der Waals surface area contributed by atoms with Crippen LogP contribution < -0.4 is 15.5 Å². The Hall–Kier alpha value is -3.95. The summed E-state index contributed by atoms with van der Waals surface area (Å²) in [6.07, 6.45) is 0.266. The number of amides is 4. The molecule has 29 heavy (non-hydrogen) atoms. The van der Waals surface area contributed by atoms with Crippen molar-refractivity contribution >= 4 is 23.5 Å². The van der Waals surface area contributed by atoms with Crippen LogP contribution in [0.5, 0.6) is 5.75 Å². The molecule has 2 N–H and O–H groups in total. The standard InChI is InChI=1S/C19H18N4O6/c1-3-19(13-7-5-4-6-8-13)17(25)22(18(26)20-19)21-16(24)12-9-10-15(29-2)14(11-12)23(27)28/h4-11H,3H2,1-2H3,(H,20,26)(H,21,24)/t19-/m1/s1. The third-order valence-corrected chi connectivity index (χ3v) is 4.74. The molecule has 10 heteroatoms. The van der Waals surface area contributed by atoms with Gasteiger partial charge in [0.1, 0.15) is 5.54 Å². The van der Waals surface area contributed by atoms with E-state index in [1.807, 2.05) is 0 Å². The first-order chi connectivity index (χ1) is 13.8. The van der Waals surface area contributed by atoms with Gasteiger partial charge in [-0.3, -0.25) is 25.1 Å². The lowest BCUT2D eigenvalue weighted by Gasteiger charge is -2.25. The van der Waals surface area contributed by atoms with Crippen LogP contribution in [0.25, 0.3) is 0 Å². The third-order valence-electron chi connectivity index (χ3n) is 4.74. The summed E-state index contributed by atoms with van der Waals surface area (Å²) in [6.45, 7) is 1.74. The minimum Gasteiger partial charge on any atom is -0.490 e. The van der Waals surface area contributed by atoms with Gasteiger partial charge in [-0.25, -0.2) is 4.79 Å². The molecule has 0 aromatic heterocycles. The maximum atomic E-state index is 13.0. The summed E-state index contributed by atoms with van der Waals surface area (Å²) in [4.78, 5) is 48.4. The minimum absolute atomic E-state index is 0.0179. The van der Waals surface area contributed by atoms with Crippen LogP contribution in [0, 0.1) is 10.1 Å². The number of hydrogen-bond donors (Lipinski definition) is 2. The van der Waals surface area contributed by atoms with E-state index in [1.165, 1.54) is 19.2 Å². The monoisotopic (exact) mass is 398 g/mol. The summed E-state index contributed by atoms with van der Waals surface area (Å²) in [5.74, 6) is -1.51. The predicted octanol–water partition coefficient (Wildman–Crippen LogP) is 2.11. The predicted molar refractivity (Wildman–Crippen MR) is 101 cm³/mol. The van der Waals surface area contributed by atoms with Crippen molar-refractivity contribution in [1.82, 2.24) is 15.8 Å². The zero-order valence-corrected chi connectivity index (χ0v) is 15.7. The smallest absolute Gasteiger partial charge is 0.344 e. The van der Waals surface area contributed by atoms with Gasteiger partial charge in [0.25, 0.3) is 11.8 Å². The van der Waals surface area contributed by atoms with E-state index >= 15 is 0 Å². The molecule has 1 heterocycles. The van der Waals surface area contributed by atoms with Crippen molar-refractivity contribution < 1.29 is 24.0 Å². The van der Waals surface area contributed by atoms with Gasteiger partial charge in [0.2, 0.25) is 0 Å². The van der Waals surface area contributed by atoms with Crippen LogP contribution in [-0.4, -0.2) is 34.9 Å². The van der Waals surface area contributed by atoms with Crippen molar-refractivity contribution in [2.24, 2.45) is 0 Å². The molecule has 1 aliphatic rings. The maximum Gasteiger partial charge on any atom is 0.344 e. The van der Waals surface area contributed by atoms with Crippen LogP contribution in [0.4, 0.5) is 10.5 Å². The van der Waals surface area contributed by atoms with Crippen molar-refractivity contribution in [1.29, 1.82) is 0 Å². The van der Waals surface area contributed by atoms with Crippen LogP contribution in [-0.2, 0) is 10.3 Å². The van der Waals surface area contributed by atoms with Crippen LogP contribution >= 0.6 is 0 Å². The van der Waals surface area contributed by atoms with Gasteiger partial charge in [-0.15, -0.1) is 0 Å². The van der Waals surface area contributed by atoms with Gasteiger partial charge in [0, 0.05) is 11.6 Å². The van der Waals surface area contributed by atoms with E-state index in [1.54, 1.807) is 37.3 Å². The number of hydrogen-bond acceptors (Lipinski definition) is 6. The first kappa shape index (κ1) is 19.8. The molecule has 4 amide bonds. The fourth-order valence-electron chi connectivity index (χ4n) is 3.18. The molecular weight excluding hydrogens is 380 g/mol. The van der Waals surface area contributed by atoms with Gasteiger partial charge < -0.3 is 10.1 Å². The topological polar surface area (TPSA) is 131 Å². The second-order valence-electron chi connectivity index (χ2n) is 6.28. The Morgan fingerprint density at radius 1 is 1.24 bits per heavy atom. The molecule has 1 fully saturated rings. The van der Waals surface area contributed by atoms with E-state index in [-0.39, 0.29) is 17.7 Å². The van der Waals surface area contributed by atoms with Crippen molar-refractivity contribution in [3.8, 4) is 5.75 Å². The number of imide groups is 1. The Morgan fingerprint density at radius 3 is 2.52 bits per heavy atom. The van der Waals surface area contributed by atoms with E-state index < -0.39 is 34.0 Å². The van der Waals surface area contributed by atoms with Crippen LogP contribution in [0.15, 0.2) is 48.5 Å². The van der Waals surface area contributed by atoms with Gasteiger partial charge >= 0.3 is 11.7 Å². The third kappa shape index (κ3) is 3.35. The quantitative estimate of drug-likeness (QED) is 0.435. The lowest BCUT2D eigenvalue weighted by molar-refractivity contribution is -0.385. The SMILES string of the molecule is CC[C@]1(c2ccccc2)NC(=O)N(NC(=O)c2ccc(OC)c([N+](=O)[O-])c2)C1=O. The second kappa shape index (κ2) is 7.58. The van der Waals surface area contributed by atoms with Crippen LogP contribution in [0.3, 0.4) is 0 Å². The fraction of sp³-hybridized carbons (Fsp3) is 0.211. The van der Waals surface area contributed by atoms with Gasteiger partial charge in [0.15, 0.2) is 5.75 Å². The van der Waals surface area contributed by atoms with Gasteiger partial charge in [-0.1, -0.05) is 37.3 Å². The number of benzene rings is 2. The lowest BCUT2D eigenvalue weighted by atomic mass is 9.87. The number of nitrogens with zero attached hydrogens (tertiary/aromatic N) is 2. The molecule has 150 valence electrons. The van der Waals surface area contributed by atoms with Crippen molar-refractivity contribution in [3.63, 3.8) is 0 Å². The molecule has 0 unspecified atom stereocenters. The summed E-state index contributed by atoms with van der Waals surface area (Å²) < 4.78 is 4.90. The minimum atomic E-state index is -1.31. The maximum absolute atomic E-state index is 13.0. The summed E-state index contributed by atoms with van der Waals surface area (Å²) in [5.41, 5.74) is 0.982. The highest BCUT2D eigenvalue weighted by Gasteiger charge is 2.52. The van der Waals surface area contributed by atoms with Crippen molar-refractivity contribution in [3.05, 3.63) is 69.8 Å². The molecule has 0 bridgehead atoms. The molecule has 0 radical (unpaired) electrons. The molecule has 3 rings (SSSR count). The normalized spacial score (nSPS) is 18.3. The average Bonchev–Trinajstić information content (AvgIpc) is 2.98. The second-order valence-corrected chi connectivity index (χ2v) is 6.28. The molecule has 0 spiro atoms. The molecular formula is C19H18N4O6. The Bertz CT molecular complexity index is 993. The van der Waals surface area contributed by atoms with E-state index in [9.17, 15) is 24.5 Å². The van der Waals surface area contributed by atoms with E-state index in [4.69, 9.17) is 4.74 Å². The zero-order valence-electron chi connectivity index (χ0n) is 15.7. The Kier molecular flexibility index (Phi) is 5.18. The Labute approximate surface area is 165 Å². The first-order valence-corrected chi connectivity index (χ1v) is 8.69. The number of rotatable bonds is 6. The van der Waals surface area contributed by atoms with Gasteiger partial charge in [-0.2, -0.15) is 5.01 Å². The molecule has 0 aliphatic carbocycles. The lowest BCUT2D eigenvalue weighted by Crippen LogP contribution is -2.48. The molecule has 10 nitrogen and oxygen atoms in total. The van der Waals surface area contributed by atoms with Crippen molar-refractivity contribution in [2.45, 2.75) is 18.9 Å². The highest BCUT2D eigenvalue weighted by Crippen LogP contribution is 2.32. The number of nitro groups is 1. The first-order valence-electron chi connectivity index (χ1n) is 8.69. The van der Waals surface area contributed by atoms with Gasteiger partial charge in [0.05, 0.1) is 12.0 Å². The van der Waals surface area contributed by atoms with E-state index in [2.05, 4.69) is 10.7 Å². The van der Waals surface area contributed by atoms with Gasteiger partial charge in [-0.05, 0) is 24.1 Å². The van der Waals surface area contributed by atoms with Crippen LogP contribution in [0.2, 0.25) is 0 Å². The summed E-state index contributed by atoms with van der Waals surface area (Å²) in [6, 6.07) is 11.5. The highest BCUT2D eigenvalue weighted by atomic mass is 16.6. The Balaban J connectivity index is 1.88. The molecule has 2 aromatic rings. The molecule has 2 aromatic carbocycles. The van der Waals surface area contributed by atoms with Crippen molar-refractivity contribution in [2.75, 3.05) is 7.11 Å². The molecule has 1 aliphatic heterocycles. The molecule has 0 saturated carbocycles. The Morgan fingerprint density at radius 2 is 1.93 bits per heavy atom. The number of urea groups is 1. The molecule has 1 saturated heterocycles. The van der Waals surface area contributed by atoms with E-state index in [0.717, 1.165) is 6.07 Å². The highest BCUT2D eigenvalue weighted by molar-refractivity contribution is 6.09. The fourth-order valence-corrected chi connectivity index (χ4v) is 3.18. The number of nitro benzene ring substituents is 1. The van der Waals surface area contributed by atoms with Crippen LogP contribution in [0.1, 0.15) is 29.3 Å². The number of hydrazine groups is 1. The number of nitrogens with one attached hydrogen (secondary N) is 2. The number of methoxy groups -OCH3 is 1. The summed E-state index contributed by atoms with van der Waals surface area (Å²) in [7, 11) is 1.27. The largest absolute Gasteiger partial charge is 0.490 e. The van der Waals surface area contributed by atoms with E-state index in [0.29, 0.717) is 10.6 Å². The number of carbonyl (C=O) groups is 3. The number of ether oxygens (including phenoxy) is 1. The summed E-state index contributed by atoms with van der Waals surface area (Å²) in [5, 5.41) is 14.4. The average molecular weight is 398 g/mol. The zero-order chi connectivity index (χ0) is 21.2. The molecule has 1 atom stereocenters. The summed E-state index contributed by atoms with van der Waals surface area (Å²) >= 11 is 0. The number of carbonyl (C=O) groups excluding carboxylic acids is 3.